The van der Waals surface area contributed by atoms with Crippen LogP contribution in [0.4, 0.5) is 5.69 Å². The summed E-state index contributed by atoms with van der Waals surface area (Å²) in [4.78, 5) is 4.43. The first-order valence-electron chi connectivity index (χ1n) is 5.99. The fourth-order valence-corrected chi connectivity index (χ4v) is 4.33. The number of hydrogen-bond acceptors (Lipinski definition) is 4. The molecule has 1 unspecified atom stereocenters. The molecule has 3 rings (SSSR count). The van der Waals surface area contributed by atoms with Crippen molar-refractivity contribution in [3.63, 3.8) is 0 Å². The highest BCUT2D eigenvalue weighted by atomic mass is 32.2. The zero-order chi connectivity index (χ0) is 12.8. The van der Waals surface area contributed by atoms with Gasteiger partial charge < -0.3 is 10.1 Å². The molecule has 2 aromatic rings. The summed E-state index contributed by atoms with van der Waals surface area (Å²) in [6.07, 6.45) is 5.67. The zero-order valence-corrected chi connectivity index (χ0v) is 10.7. The summed E-state index contributed by atoms with van der Waals surface area (Å²) >= 11 is 0. The van der Waals surface area contributed by atoms with Crippen LogP contribution in [0.5, 0.6) is 0 Å². The molecule has 1 atom stereocenters. The summed E-state index contributed by atoms with van der Waals surface area (Å²) in [6.45, 7) is 0. The Morgan fingerprint density at radius 1 is 1.39 bits per heavy atom. The number of imidazole rings is 1. The minimum absolute atomic E-state index is 0.264. The molecular formula is C12H15N3O2S. The van der Waals surface area contributed by atoms with Gasteiger partial charge in [-0.25, -0.2) is 13.4 Å². The lowest BCUT2D eigenvalue weighted by molar-refractivity contribution is 0.587. The third-order valence-electron chi connectivity index (χ3n) is 3.42. The first kappa shape index (κ1) is 11.5. The summed E-state index contributed by atoms with van der Waals surface area (Å²) in [5.41, 5.74) is 7.98. The lowest BCUT2D eigenvalue weighted by Gasteiger charge is -2.05. The molecule has 2 aromatic heterocycles. The Kier molecular flexibility index (Phi) is 2.55. The third kappa shape index (κ3) is 1.96. The molecule has 5 nitrogen and oxygen atoms in total. The topological polar surface area (TPSA) is 77.5 Å². The Balaban J connectivity index is 1.91. The smallest absolute Gasteiger partial charge is 0.153 e. The minimum Gasteiger partial charge on any atom is -0.398 e. The molecule has 18 heavy (non-hydrogen) atoms. The number of rotatable bonds is 2. The molecule has 2 N–H and O–H groups in total. The van der Waals surface area contributed by atoms with Crippen LogP contribution in [-0.2, 0) is 16.3 Å². The van der Waals surface area contributed by atoms with Gasteiger partial charge in [0.1, 0.15) is 5.65 Å². The van der Waals surface area contributed by atoms with E-state index in [9.17, 15) is 8.42 Å². The quantitative estimate of drug-likeness (QED) is 0.880. The number of anilines is 1. The second-order valence-electron chi connectivity index (χ2n) is 4.80. The molecule has 0 saturated carbocycles. The van der Waals surface area contributed by atoms with Gasteiger partial charge in [0.15, 0.2) is 9.84 Å². The highest BCUT2D eigenvalue weighted by Gasteiger charge is 2.31. The molecule has 3 heterocycles. The van der Waals surface area contributed by atoms with E-state index in [4.69, 9.17) is 5.73 Å². The maximum Gasteiger partial charge on any atom is 0.153 e. The van der Waals surface area contributed by atoms with Gasteiger partial charge in [0.25, 0.3) is 0 Å². The summed E-state index contributed by atoms with van der Waals surface area (Å²) in [7, 11) is -2.90. The molecule has 6 heteroatoms. The van der Waals surface area contributed by atoms with E-state index in [2.05, 4.69) is 4.98 Å². The number of fused-ring (bicyclic) bond motifs is 1. The molecule has 0 aromatic carbocycles. The Morgan fingerprint density at radius 3 is 2.94 bits per heavy atom. The van der Waals surface area contributed by atoms with Gasteiger partial charge in [-0.3, -0.25) is 0 Å². The van der Waals surface area contributed by atoms with Crippen LogP contribution in [0, 0.1) is 0 Å². The van der Waals surface area contributed by atoms with Crippen molar-refractivity contribution in [2.45, 2.75) is 24.5 Å². The predicted octanol–water partition coefficient (Wildman–Crippen LogP) is 1.04. The van der Waals surface area contributed by atoms with E-state index in [1.807, 2.05) is 16.7 Å². The summed E-state index contributed by atoms with van der Waals surface area (Å²) in [5.74, 6) is 0.317. The highest BCUT2D eigenvalue weighted by molar-refractivity contribution is 7.92. The molecule has 0 radical (unpaired) electrons. The molecule has 0 bridgehead atoms. The van der Waals surface area contributed by atoms with Crippen LogP contribution < -0.4 is 5.73 Å². The SMILES string of the molecule is Nc1ccc2nc(CC3CCCS3(=O)=O)cn2c1. The number of sulfone groups is 1. The summed E-state index contributed by atoms with van der Waals surface area (Å²) in [6, 6.07) is 3.63. The van der Waals surface area contributed by atoms with E-state index in [0.717, 1.165) is 24.2 Å². The fourth-order valence-electron chi connectivity index (χ4n) is 2.48. The van der Waals surface area contributed by atoms with E-state index in [-0.39, 0.29) is 5.25 Å². The van der Waals surface area contributed by atoms with Crippen molar-refractivity contribution in [1.82, 2.24) is 9.38 Å². The molecule has 1 fully saturated rings. The minimum atomic E-state index is -2.90. The van der Waals surface area contributed by atoms with Gasteiger partial charge in [0.2, 0.25) is 0 Å². The Bertz CT molecular complexity index is 690. The van der Waals surface area contributed by atoms with Crippen molar-refractivity contribution in [2.75, 3.05) is 11.5 Å². The monoisotopic (exact) mass is 265 g/mol. The van der Waals surface area contributed by atoms with E-state index in [0.29, 0.717) is 17.9 Å². The van der Waals surface area contributed by atoms with Gasteiger partial charge in [-0.2, -0.15) is 0 Å². The van der Waals surface area contributed by atoms with E-state index in [1.165, 1.54) is 0 Å². The number of hydrogen-bond donors (Lipinski definition) is 1. The lowest BCUT2D eigenvalue weighted by atomic mass is 10.2. The molecule has 1 aliphatic rings. The average molecular weight is 265 g/mol. The Labute approximate surface area is 106 Å². The van der Waals surface area contributed by atoms with Crippen molar-refractivity contribution in [3.8, 4) is 0 Å². The van der Waals surface area contributed by atoms with Gasteiger partial charge in [0.05, 0.1) is 16.7 Å². The largest absolute Gasteiger partial charge is 0.398 e. The van der Waals surface area contributed by atoms with E-state index >= 15 is 0 Å². The number of nitrogens with zero attached hydrogens (tertiary/aromatic N) is 2. The fraction of sp³-hybridized carbons (Fsp3) is 0.417. The van der Waals surface area contributed by atoms with Gasteiger partial charge >= 0.3 is 0 Å². The van der Waals surface area contributed by atoms with Gasteiger partial charge in [-0.05, 0) is 25.0 Å². The number of pyridine rings is 1. The van der Waals surface area contributed by atoms with Crippen molar-refractivity contribution >= 4 is 21.2 Å². The van der Waals surface area contributed by atoms with Crippen molar-refractivity contribution < 1.29 is 8.42 Å². The first-order chi connectivity index (χ1) is 8.54. The van der Waals surface area contributed by atoms with Crippen LogP contribution in [0.25, 0.3) is 5.65 Å². The van der Waals surface area contributed by atoms with Gasteiger partial charge in [-0.1, -0.05) is 0 Å². The van der Waals surface area contributed by atoms with Crippen LogP contribution >= 0.6 is 0 Å². The molecule has 0 spiro atoms. The van der Waals surface area contributed by atoms with Crippen molar-refractivity contribution in [2.24, 2.45) is 0 Å². The van der Waals surface area contributed by atoms with E-state index < -0.39 is 9.84 Å². The standard InChI is InChI=1S/C12H15N3O2S/c13-9-3-4-12-14-10(8-15(12)7-9)6-11-2-1-5-18(11,16)17/h3-4,7-8,11H,1-2,5-6,13H2. The lowest BCUT2D eigenvalue weighted by Crippen LogP contribution is -2.18. The normalized spacial score (nSPS) is 22.6. The first-order valence-corrected chi connectivity index (χ1v) is 7.71. The van der Waals surface area contributed by atoms with E-state index in [1.54, 1.807) is 12.3 Å². The number of nitrogens with two attached hydrogens (primary N) is 1. The maximum absolute atomic E-state index is 11.8. The van der Waals surface area contributed by atoms with Crippen molar-refractivity contribution in [3.05, 3.63) is 30.2 Å². The van der Waals surface area contributed by atoms with Crippen LogP contribution in [0.3, 0.4) is 0 Å². The Morgan fingerprint density at radius 2 is 2.22 bits per heavy atom. The molecule has 0 amide bonds. The van der Waals surface area contributed by atoms with Crippen molar-refractivity contribution in [1.29, 1.82) is 0 Å². The number of aromatic nitrogens is 2. The van der Waals surface area contributed by atoms with Crippen LogP contribution in [0.15, 0.2) is 24.5 Å². The van der Waals surface area contributed by atoms with Crippen LogP contribution in [-0.4, -0.2) is 28.8 Å². The summed E-state index contributed by atoms with van der Waals surface area (Å²) in [5, 5.41) is -0.264. The maximum atomic E-state index is 11.8. The van der Waals surface area contributed by atoms with Crippen LogP contribution in [0.2, 0.25) is 0 Å². The van der Waals surface area contributed by atoms with Crippen LogP contribution in [0.1, 0.15) is 18.5 Å². The molecule has 96 valence electrons. The predicted molar refractivity (Wildman–Crippen MR) is 70.1 cm³/mol. The third-order valence-corrected chi connectivity index (χ3v) is 5.70. The van der Waals surface area contributed by atoms with Gasteiger partial charge in [0, 0.05) is 24.5 Å². The molecule has 1 aliphatic heterocycles. The summed E-state index contributed by atoms with van der Waals surface area (Å²) < 4.78 is 25.4. The molecule has 1 saturated heterocycles. The second kappa shape index (κ2) is 3.98. The second-order valence-corrected chi connectivity index (χ2v) is 7.20. The highest BCUT2D eigenvalue weighted by Crippen LogP contribution is 2.23. The number of nitrogen functional groups attached to an aromatic ring is 1. The average Bonchev–Trinajstić information content (AvgIpc) is 2.82. The molecule has 0 aliphatic carbocycles. The van der Waals surface area contributed by atoms with Gasteiger partial charge in [-0.15, -0.1) is 0 Å². The zero-order valence-electron chi connectivity index (χ0n) is 9.91. The Hall–Kier alpha value is -1.56. The molecular weight excluding hydrogens is 250 g/mol.